The third-order valence-electron chi connectivity index (χ3n) is 3.62. The van der Waals surface area contributed by atoms with E-state index in [0.29, 0.717) is 0 Å². The van der Waals surface area contributed by atoms with E-state index in [0.717, 1.165) is 0 Å². The second kappa shape index (κ2) is 8.11. The molecule has 0 heterocycles. The summed E-state index contributed by atoms with van der Waals surface area (Å²) in [4.78, 5) is 0. The molecule has 3 aromatic carbocycles. The third kappa shape index (κ3) is 4.66. The van der Waals surface area contributed by atoms with Gasteiger partial charge in [-0.1, -0.05) is 120 Å². The second-order valence-electron chi connectivity index (χ2n) is 5.31. The summed E-state index contributed by atoms with van der Waals surface area (Å²) in [6.45, 7) is 0. The fourth-order valence-corrected chi connectivity index (χ4v) is 4.20. The van der Waals surface area contributed by atoms with Crippen molar-refractivity contribution < 1.29 is 0 Å². The van der Waals surface area contributed by atoms with E-state index in [-0.39, 0.29) is 0 Å². The van der Waals surface area contributed by atoms with E-state index in [4.69, 9.17) is 0 Å². The Hall–Kier alpha value is -2.64. The summed E-state index contributed by atoms with van der Waals surface area (Å²) in [7, 11) is -0.879. The first-order chi connectivity index (χ1) is 11.4. The molecule has 3 aromatic rings. The molecule has 0 nitrogen and oxygen atoms in total. The van der Waals surface area contributed by atoms with Crippen LogP contribution in [0.4, 0.5) is 0 Å². The molecule has 0 aromatic heterocycles. The van der Waals surface area contributed by atoms with Crippen LogP contribution in [0.2, 0.25) is 0 Å². The molecule has 0 aliphatic carbocycles. The summed E-state index contributed by atoms with van der Waals surface area (Å²) in [6, 6.07) is 31.7. The van der Waals surface area contributed by atoms with Gasteiger partial charge in [-0.25, -0.2) is 0 Å². The van der Waals surface area contributed by atoms with Gasteiger partial charge >= 0.3 is 0 Å². The largest absolute Gasteiger partial charge is 0.139 e. The van der Waals surface area contributed by atoms with E-state index in [1.807, 2.05) is 0 Å². The molecule has 0 N–H and O–H groups in total. The molecule has 0 atom stereocenters. The van der Waals surface area contributed by atoms with Crippen LogP contribution in [0.15, 0.2) is 102 Å². The number of benzene rings is 3. The van der Waals surface area contributed by atoms with Gasteiger partial charge in [-0.05, 0) is 11.1 Å². The van der Waals surface area contributed by atoms with Gasteiger partial charge in [0.1, 0.15) is 8.80 Å². The van der Waals surface area contributed by atoms with Crippen LogP contribution in [-0.2, 0) is 0 Å². The summed E-state index contributed by atoms with van der Waals surface area (Å²) in [5, 5.41) is 1.40. The molecule has 0 unspecified atom stereocenters. The normalized spacial score (nSPS) is 11.5. The molecule has 0 amide bonds. The highest BCUT2D eigenvalue weighted by Crippen LogP contribution is 2.06. The van der Waals surface area contributed by atoms with Crippen LogP contribution in [-0.4, -0.2) is 8.80 Å². The highest BCUT2D eigenvalue weighted by molar-refractivity contribution is 6.83. The molecule has 1 heteroatoms. The van der Waals surface area contributed by atoms with E-state index in [2.05, 4.69) is 115 Å². The summed E-state index contributed by atoms with van der Waals surface area (Å²) in [5.41, 5.74) is 7.21. The maximum absolute atomic E-state index is 2.36. The number of hydrogen-bond donors (Lipinski definition) is 0. The van der Waals surface area contributed by atoms with Gasteiger partial charge in [0.05, 0.1) is 0 Å². The molecule has 0 bridgehead atoms. The molecule has 111 valence electrons. The Bertz CT molecular complexity index is 709. The minimum Gasteiger partial charge on any atom is -0.0871 e. The quantitative estimate of drug-likeness (QED) is 0.588. The molecular formula is C22H19Si. The lowest BCUT2D eigenvalue weighted by Crippen LogP contribution is -2.25. The van der Waals surface area contributed by atoms with Gasteiger partial charge in [0, 0.05) is 0 Å². The van der Waals surface area contributed by atoms with Crippen LogP contribution >= 0.6 is 0 Å². The van der Waals surface area contributed by atoms with E-state index in [1.54, 1.807) is 0 Å². The van der Waals surface area contributed by atoms with Gasteiger partial charge in [0.2, 0.25) is 0 Å². The summed E-state index contributed by atoms with van der Waals surface area (Å²) in [6.07, 6.45) is 4.47. The first-order valence-electron chi connectivity index (χ1n) is 7.80. The minimum absolute atomic E-state index is 0.879. The summed E-state index contributed by atoms with van der Waals surface area (Å²) < 4.78 is 0. The maximum Gasteiger partial charge on any atom is 0.139 e. The zero-order valence-corrected chi connectivity index (χ0v) is 14.0. The lowest BCUT2D eigenvalue weighted by molar-refractivity contribution is 1.66. The van der Waals surface area contributed by atoms with Crippen LogP contribution < -0.4 is 5.19 Å². The molecule has 0 aliphatic rings. The van der Waals surface area contributed by atoms with Crippen LogP contribution in [0.25, 0.3) is 12.2 Å². The standard InChI is InChI=1S/C22H19Si/c1-4-10-20(11-5-1)16-18-23(22-14-8-3-9-15-22)19-17-21-12-6-2-7-13-21/h1-19H/b18-16+,19-17+. The van der Waals surface area contributed by atoms with Crippen molar-refractivity contribution >= 4 is 26.1 Å². The lowest BCUT2D eigenvalue weighted by atomic mass is 10.2. The molecule has 3 rings (SSSR count). The highest BCUT2D eigenvalue weighted by Gasteiger charge is 2.06. The van der Waals surface area contributed by atoms with Crippen molar-refractivity contribution in [2.45, 2.75) is 0 Å². The Labute approximate surface area is 140 Å². The van der Waals surface area contributed by atoms with E-state index in [9.17, 15) is 0 Å². The Morgan fingerprint density at radius 1 is 0.478 bits per heavy atom. The van der Waals surface area contributed by atoms with Crippen molar-refractivity contribution in [1.29, 1.82) is 0 Å². The van der Waals surface area contributed by atoms with E-state index in [1.165, 1.54) is 16.3 Å². The molecule has 0 saturated carbocycles. The average Bonchev–Trinajstić information content (AvgIpc) is 2.64. The van der Waals surface area contributed by atoms with E-state index < -0.39 is 8.80 Å². The SMILES string of the molecule is C(=C\[Si](/C=C/c1ccccc1)c1ccccc1)/c1ccccc1. The van der Waals surface area contributed by atoms with Crippen LogP contribution in [0.3, 0.4) is 0 Å². The van der Waals surface area contributed by atoms with Gasteiger partial charge in [0.15, 0.2) is 0 Å². The molecule has 23 heavy (non-hydrogen) atoms. The van der Waals surface area contributed by atoms with Crippen molar-refractivity contribution in [2.75, 3.05) is 0 Å². The number of rotatable bonds is 5. The predicted molar refractivity (Wildman–Crippen MR) is 103 cm³/mol. The van der Waals surface area contributed by atoms with E-state index >= 15 is 0 Å². The van der Waals surface area contributed by atoms with Crippen molar-refractivity contribution in [3.63, 3.8) is 0 Å². The zero-order valence-electron chi connectivity index (χ0n) is 13.0. The molecular weight excluding hydrogens is 292 g/mol. The summed E-state index contributed by atoms with van der Waals surface area (Å²) >= 11 is 0. The van der Waals surface area contributed by atoms with Crippen molar-refractivity contribution in [2.24, 2.45) is 0 Å². The first kappa shape index (κ1) is 15.3. The molecule has 1 radical (unpaired) electrons. The molecule has 0 aliphatic heterocycles. The first-order valence-corrected chi connectivity index (χ1v) is 9.46. The smallest absolute Gasteiger partial charge is 0.0871 e. The van der Waals surface area contributed by atoms with Gasteiger partial charge in [-0.3, -0.25) is 0 Å². The van der Waals surface area contributed by atoms with Crippen molar-refractivity contribution in [3.05, 3.63) is 114 Å². The van der Waals surface area contributed by atoms with Gasteiger partial charge < -0.3 is 0 Å². The predicted octanol–water partition coefficient (Wildman–Crippen LogP) is 4.89. The molecule has 0 spiro atoms. The van der Waals surface area contributed by atoms with Crippen LogP contribution in [0.1, 0.15) is 11.1 Å². The Morgan fingerprint density at radius 3 is 1.30 bits per heavy atom. The van der Waals surface area contributed by atoms with Gasteiger partial charge in [0.25, 0.3) is 0 Å². The fourth-order valence-electron chi connectivity index (χ4n) is 2.38. The maximum atomic E-state index is 2.36. The monoisotopic (exact) mass is 311 g/mol. The van der Waals surface area contributed by atoms with Crippen molar-refractivity contribution in [3.8, 4) is 0 Å². The van der Waals surface area contributed by atoms with Crippen LogP contribution in [0, 0.1) is 0 Å². The topological polar surface area (TPSA) is 0 Å². The second-order valence-corrected chi connectivity index (χ2v) is 7.46. The Balaban J connectivity index is 1.85. The minimum atomic E-state index is -0.879. The fraction of sp³-hybridized carbons (Fsp3) is 0. The van der Waals surface area contributed by atoms with Crippen LogP contribution in [0.5, 0.6) is 0 Å². The zero-order chi connectivity index (χ0) is 15.7. The van der Waals surface area contributed by atoms with Gasteiger partial charge in [-0.15, -0.1) is 0 Å². The highest BCUT2D eigenvalue weighted by atomic mass is 28.3. The lowest BCUT2D eigenvalue weighted by Gasteiger charge is -2.06. The molecule has 0 saturated heterocycles. The summed E-state index contributed by atoms with van der Waals surface area (Å²) in [5.74, 6) is 0. The third-order valence-corrected chi connectivity index (χ3v) is 5.67. The molecule has 0 fully saturated rings. The van der Waals surface area contributed by atoms with Gasteiger partial charge in [-0.2, -0.15) is 0 Å². The Kier molecular flexibility index (Phi) is 5.38. The average molecular weight is 311 g/mol. The Morgan fingerprint density at radius 2 is 0.870 bits per heavy atom. The number of hydrogen-bond acceptors (Lipinski definition) is 0. The van der Waals surface area contributed by atoms with Crippen molar-refractivity contribution in [1.82, 2.24) is 0 Å².